The third-order valence-electron chi connectivity index (χ3n) is 2.39. The first-order valence-corrected chi connectivity index (χ1v) is 6.45. The fourth-order valence-corrected chi connectivity index (χ4v) is 1.88. The van der Waals surface area contributed by atoms with Gasteiger partial charge in [-0.1, -0.05) is 21.1 Å². The van der Waals surface area contributed by atoms with Gasteiger partial charge in [-0.2, -0.15) is 4.98 Å². The van der Waals surface area contributed by atoms with E-state index in [0.717, 1.165) is 10.0 Å². The lowest BCUT2D eigenvalue weighted by Crippen LogP contribution is -1.99. The predicted octanol–water partition coefficient (Wildman–Crippen LogP) is 2.66. The monoisotopic (exact) mass is 311 g/mol. The lowest BCUT2D eigenvalue weighted by Gasteiger charge is -2.00. The molecule has 0 fully saturated rings. The van der Waals surface area contributed by atoms with Crippen molar-refractivity contribution in [2.75, 3.05) is 18.9 Å². The number of rotatable bonds is 5. The third-order valence-corrected chi connectivity index (χ3v) is 2.88. The molecule has 0 spiro atoms. The van der Waals surface area contributed by atoms with Gasteiger partial charge in [-0.15, -0.1) is 0 Å². The average Bonchev–Trinajstić information content (AvgIpc) is 2.78. The van der Waals surface area contributed by atoms with E-state index in [1.54, 1.807) is 6.07 Å². The molecule has 0 aliphatic rings. The summed E-state index contributed by atoms with van der Waals surface area (Å²) in [7, 11) is 0. The zero-order valence-electron chi connectivity index (χ0n) is 10.0. The lowest BCUT2D eigenvalue weighted by molar-refractivity contribution is 0.149. The Morgan fingerprint density at radius 2 is 2.28 bits per heavy atom. The molecule has 0 saturated carbocycles. The highest BCUT2D eigenvalue weighted by atomic mass is 79.9. The molecule has 2 N–H and O–H groups in total. The SMILES string of the molecule is CCOCCc1noc(-c2ccc(Br)cc2N)n1. The second-order valence-corrected chi connectivity index (χ2v) is 4.61. The summed E-state index contributed by atoms with van der Waals surface area (Å²) in [5.41, 5.74) is 7.25. The zero-order valence-corrected chi connectivity index (χ0v) is 11.6. The molecule has 1 aromatic heterocycles. The van der Waals surface area contributed by atoms with Crippen LogP contribution in [0.15, 0.2) is 27.2 Å². The molecule has 0 radical (unpaired) electrons. The van der Waals surface area contributed by atoms with Crippen LogP contribution in [-0.2, 0) is 11.2 Å². The summed E-state index contributed by atoms with van der Waals surface area (Å²) in [4.78, 5) is 4.29. The van der Waals surface area contributed by atoms with E-state index in [1.807, 2.05) is 19.1 Å². The first-order chi connectivity index (χ1) is 8.70. The Bertz CT molecular complexity index is 528. The fourth-order valence-electron chi connectivity index (χ4n) is 1.50. The molecule has 2 aromatic rings. The number of nitrogens with two attached hydrogens (primary N) is 1. The minimum atomic E-state index is 0.437. The van der Waals surface area contributed by atoms with Crippen LogP contribution in [0.1, 0.15) is 12.7 Å². The van der Waals surface area contributed by atoms with E-state index in [9.17, 15) is 0 Å². The fraction of sp³-hybridized carbons (Fsp3) is 0.333. The molecule has 0 unspecified atom stereocenters. The van der Waals surface area contributed by atoms with Crippen LogP contribution in [0.2, 0.25) is 0 Å². The van der Waals surface area contributed by atoms with Crippen molar-refractivity contribution in [3.63, 3.8) is 0 Å². The standard InChI is InChI=1S/C12H14BrN3O2/c1-2-17-6-5-11-15-12(18-16-11)9-4-3-8(13)7-10(9)14/h3-4,7H,2,5-6,14H2,1H3. The predicted molar refractivity (Wildman–Crippen MR) is 72.0 cm³/mol. The van der Waals surface area contributed by atoms with Crippen molar-refractivity contribution in [3.05, 3.63) is 28.5 Å². The van der Waals surface area contributed by atoms with Gasteiger partial charge in [0, 0.05) is 23.2 Å². The van der Waals surface area contributed by atoms with Gasteiger partial charge in [-0.25, -0.2) is 0 Å². The number of hydrogen-bond donors (Lipinski definition) is 1. The van der Waals surface area contributed by atoms with Crippen molar-refractivity contribution < 1.29 is 9.26 Å². The first-order valence-electron chi connectivity index (χ1n) is 5.66. The molecule has 0 aliphatic carbocycles. The minimum Gasteiger partial charge on any atom is -0.398 e. The van der Waals surface area contributed by atoms with Crippen molar-refractivity contribution in [2.24, 2.45) is 0 Å². The average molecular weight is 312 g/mol. The zero-order chi connectivity index (χ0) is 13.0. The Morgan fingerprint density at radius 3 is 3.00 bits per heavy atom. The van der Waals surface area contributed by atoms with E-state index in [2.05, 4.69) is 26.1 Å². The summed E-state index contributed by atoms with van der Waals surface area (Å²) in [6, 6.07) is 5.54. The second-order valence-electron chi connectivity index (χ2n) is 3.69. The van der Waals surface area contributed by atoms with Crippen LogP contribution in [-0.4, -0.2) is 23.4 Å². The lowest BCUT2D eigenvalue weighted by atomic mass is 10.2. The van der Waals surface area contributed by atoms with E-state index in [1.165, 1.54) is 0 Å². The van der Waals surface area contributed by atoms with E-state index >= 15 is 0 Å². The molecular formula is C12H14BrN3O2. The Balaban J connectivity index is 2.13. The minimum absolute atomic E-state index is 0.437. The second kappa shape index (κ2) is 5.97. The van der Waals surface area contributed by atoms with Gasteiger partial charge in [0.05, 0.1) is 12.2 Å². The third kappa shape index (κ3) is 3.08. The van der Waals surface area contributed by atoms with Crippen molar-refractivity contribution in [2.45, 2.75) is 13.3 Å². The van der Waals surface area contributed by atoms with E-state index < -0.39 is 0 Å². The van der Waals surface area contributed by atoms with Gasteiger partial charge >= 0.3 is 0 Å². The number of aromatic nitrogens is 2. The van der Waals surface area contributed by atoms with Crippen molar-refractivity contribution >= 4 is 21.6 Å². The highest BCUT2D eigenvalue weighted by molar-refractivity contribution is 9.10. The number of halogens is 1. The highest BCUT2D eigenvalue weighted by Gasteiger charge is 2.11. The van der Waals surface area contributed by atoms with Crippen LogP contribution in [0.25, 0.3) is 11.5 Å². The van der Waals surface area contributed by atoms with Crippen LogP contribution < -0.4 is 5.73 Å². The van der Waals surface area contributed by atoms with E-state index in [4.69, 9.17) is 15.0 Å². The van der Waals surface area contributed by atoms with Crippen LogP contribution in [0.4, 0.5) is 5.69 Å². The maximum atomic E-state index is 5.90. The molecule has 1 heterocycles. The molecule has 96 valence electrons. The molecule has 6 heteroatoms. The topological polar surface area (TPSA) is 74.2 Å². The van der Waals surface area contributed by atoms with Gasteiger partial charge in [0.2, 0.25) is 0 Å². The van der Waals surface area contributed by atoms with Crippen molar-refractivity contribution in [3.8, 4) is 11.5 Å². The normalized spacial score (nSPS) is 10.8. The number of nitrogens with zero attached hydrogens (tertiary/aromatic N) is 2. The molecule has 5 nitrogen and oxygen atoms in total. The van der Waals surface area contributed by atoms with Crippen LogP contribution in [0, 0.1) is 0 Å². The highest BCUT2D eigenvalue weighted by Crippen LogP contribution is 2.27. The summed E-state index contributed by atoms with van der Waals surface area (Å²) in [6.45, 7) is 3.22. The maximum Gasteiger partial charge on any atom is 0.260 e. The van der Waals surface area contributed by atoms with Gasteiger partial charge in [0.1, 0.15) is 0 Å². The van der Waals surface area contributed by atoms with E-state index in [0.29, 0.717) is 37.0 Å². The summed E-state index contributed by atoms with van der Waals surface area (Å²) in [6.07, 6.45) is 0.633. The summed E-state index contributed by atoms with van der Waals surface area (Å²) >= 11 is 3.35. The molecule has 2 rings (SSSR count). The molecular weight excluding hydrogens is 298 g/mol. The van der Waals surface area contributed by atoms with E-state index in [-0.39, 0.29) is 0 Å². The Morgan fingerprint density at radius 1 is 1.44 bits per heavy atom. The number of ether oxygens (including phenoxy) is 1. The van der Waals surface area contributed by atoms with Gasteiger partial charge in [-0.3, -0.25) is 0 Å². The van der Waals surface area contributed by atoms with Gasteiger partial charge < -0.3 is 15.0 Å². The molecule has 18 heavy (non-hydrogen) atoms. The molecule has 0 aliphatic heterocycles. The molecule has 0 amide bonds. The molecule has 0 atom stereocenters. The number of anilines is 1. The Labute approximate surface area is 113 Å². The molecule has 0 saturated heterocycles. The summed E-state index contributed by atoms with van der Waals surface area (Å²) in [5, 5.41) is 3.89. The number of nitrogen functional groups attached to an aromatic ring is 1. The van der Waals surface area contributed by atoms with Gasteiger partial charge in [-0.05, 0) is 25.1 Å². The maximum absolute atomic E-state index is 5.90. The molecule has 1 aromatic carbocycles. The van der Waals surface area contributed by atoms with Crippen molar-refractivity contribution in [1.82, 2.24) is 10.1 Å². The Kier molecular flexibility index (Phi) is 4.33. The largest absolute Gasteiger partial charge is 0.398 e. The smallest absolute Gasteiger partial charge is 0.260 e. The van der Waals surface area contributed by atoms with Gasteiger partial charge in [0.25, 0.3) is 5.89 Å². The van der Waals surface area contributed by atoms with Crippen molar-refractivity contribution in [1.29, 1.82) is 0 Å². The van der Waals surface area contributed by atoms with Crippen LogP contribution in [0.5, 0.6) is 0 Å². The number of hydrogen-bond acceptors (Lipinski definition) is 5. The van der Waals surface area contributed by atoms with Crippen LogP contribution >= 0.6 is 15.9 Å². The summed E-state index contributed by atoms with van der Waals surface area (Å²) < 4.78 is 11.3. The van der Waals surface area contributed by atoms with Crippen LogP contribution in [0.3, 0.4) is 0 Å². The van der Waals surface area contributed by atoms with Gasteiger partial charge in [0.15, 0.2) is 5.82 Å². The quantitative estimate of drug-likeness (QED) is 0.678. The number of benzene rings is 1. The molecule has 0 bridgehead atoms. The summed E-state index contributed by atoms with van der Waals surface area (Å²) in [5.74, 6) is 1.06. The Hall–Kier alpha value is -1.40. The first kappa shape index (κ1) is 13.0.